The van der Waals surface area contributed by atoms with Crippen molar-refractivity contribution in [3.63, 3.8) is 0 Å². The number of nitrogens with one attached hydrogen (secondary N) is 1. The Morgan fingerprint density at radius 3 is 2.72 bits per heavy atom. The molecule has 1 aliphatic rings. The van der Waals surface area contributed by atoms with E-state index in [2.05, 4.69) is 13.5 Å². The molecule has 2 rings (SSSR count). The molecule has 1 amide bonds. The third-order valence-corrected chi connectivity index (χ3v) is 5.80. The first kappa shape index (κ1) is 23.5. The van der Waals surface area contributed by atoms with Crippen LogP contribution in [0.3, 0.4) is 0 Å². The molecule has 1 aromatic carbocycles. The quantitative estimate of drug-likeness (QED) is 0.287. The molecule has 1 atom stereocenters. The Bertz CT molecular complexity index is 785. The molecule has 0 radical (unpaired) electrons. The average molecular weight is 443 g/mol. The van der Waals surface area contributed by atoms with Crippen LogP contribution in [0.25, 0.3) is 0 Å². The van der Waals surface area contributed by atoms with Crippen LogP contribution in [0.1, 0.15) is 62.2 Å². The number of benzene rings is 1. The molecule has 0 bridgehead atoms. The van der Waals surface area contributed by atoms with E-state index in [1.807, 2.05) is 16.7 Å². The number of rotatable bonds is 12. The molecule has 1 N–H and O–H groups in total. The van der Waals surface area contributed by atoms with Crippen LogP contribution in [-0.4, -0.2) is 33.5 Å². The summed E-state index contributed by atoms with van der Waals surface area (Å²) in [6.45, 7) is 7.04. The van der Waals surface area contributed by atoms with Crippen LogP contribution in [0.5, 0.6) is 5.75 Å². The fourth-order valence-corrected chi connectivity index (χ4v) is 3.91. The summed E-state index contributed by atoms with van der Waals surface area (Å²) in [7, 11) is -1.06. The molecule has 0 aliphatic heterocycles. The largest absolute Gasteiger partial charge is 0.472 e. The first-order chi connectivity index (χ1) is 13.8. The zero-order chi connectivity index (χ0) is 21.4. The minimum absolute atomic E-state index is 0.255. The van der Waals surface area contributed by atoms with Crippen molar-refractivity contribution in [1.29, 1.82) is 0 Å². The molecule has 1 aliphatic carbocycles. The zero-order valence-corrected chi connectivity index (χ0v) is 18.8. The van der Waals surface area contributed by atoms with Gasteiger partial charge < -0.3 is 9.64 Å². The van der Waals surface area contributed by atoms with Crippen molar-refractivity contribution in [3.8, 4) is 5.75 Å². The predicted molar refractivity (Wildman–Crippen MR) is 118 cm³/mol. The van der Waals surface area contributed by atoms with E-state index >= 15 is 0 Å². The first-order valence-electron chi connectivity index (χ1n) is 10.1. The summed E-state index contributed by atoms with van der Waals surface area (Å²) in [5, 5.41) is 0. The molecule has 1 saturated carbocycles. The van der Waals surface area contributed by atoms with Gasteiger partial charge in [-0.05, 0) is 49.8 Å². The van der Waals surface area contributed by atoms with Crippen molar-refractivity contribution in [2.24, 2.45) is 5.92 Å². The lowest BCUT2D eigenvalue weighted by atomic mass is 9.85. The third-order valence-electron chi connectivity index (χ3n) is 5.17. The Labute approximate surface area is 180 Å². The fraction of sp³-hybridized carbons (Fsp3) is 0.571. The molecule has 162 valence electrons. The summed E-state index contributed by atoms with van der Waals surface area (Å²) in [5.41, 5.74) is 1.46. The average Bonchev–Trinajstić information content (AvgIpc) is 2.62. The van der Waals surface area contributed by atoms with E-state index in [0.717, 1.165) is 37.1 Å². The Kier molecular flexibility index (Phi) is 9.30. The lowest BCUT2D eigenvalue weighted by Gasteiger charge is -2.32. The Balaban J connectivity index is 2.17. The number of thiol groups is 1. The topological polar surface area (TPSA) is 75.7 Å². The van der Waals surface area contributed by atoms with Gasteiger partial charge in [0.05, 0.1) is 5.69 Å². The molecule has 1 aromatic rings. The number of anilines is 1. The van der Waals surface area contributed by atoms with Crippen molar-refractivity contribution in [3.05, 3.63) is 35.9 Å². The molecule has 1 unspecified atom stereocenters. The van der Waals surface area contributed by atoms with Gasteiger partial charge in [-0.1, -0.05) is 43.5 Å². The number of hydrogen-bond donors (Lipinski definition) is 2. The maximum absolute atomic E-state index is 12.1. The van der Waals surface area contributed by atoms with Crippen molar-refractivity contribution >= 4 is 34.1 Å². The Hall–Kier alpha value is -1.73. The number of halogens is 1. The normalized spacial score (nSPS) is 14.9. The van der Waals surface area contributed by atoms with E-state index in [9.17, 15) is 13.2 Å². The summed E-state index contributed by atoms with van der Waals surface area (Å²) in [6.07, 6.45) is 7.26. The summed E-state index contributed by atoms with van der Waals surface area (Å²) in [4.78, 5) is 14.2. The molecule has 0 aromatic heterocycles. The van der Waals surface area contributed by atoms with Crippen LogP contribution >= 0.6 is 11.6 Å². The molecule has 0 spiro atoms. The SMILES string of the molecule is C=C(CCCC)CC(Cl)Oc1ccc(C(=O)N[SH](=O)=O)cc1N(C)CC1CCC1. The number of unbranched alkanes of at least 4 members (excludes halogenated alkanes) is 1. The van der Waals surface area contributed by atoms with Crippen molar-refractivity contribution in [1.82, 2.24) is 4.72 Å². The van der Waals surface area contributed by atoms with Gasteiger partial charge in [0.25, 0.3) is 5.91 Å². The lowest BCUT2D eigenvalue weighted by molar-refractivity contribution is 0.0982. The minimum atomic E-state index is -3.01. The molecule has 0 heterocycles. The Morgan fingerprint density at radius 2 is 2.14 bits per heavy atom. The van der Waals surface area contributed by atoms with E-state index in [-0.39, 0.29) is 5.56 Å². The van der Waals surface area contributed by atoms with Gasteiger partial charge in [0, 0.05) is 25.6 Å². The Morgan fingerprint density at radius 1 is 1.41 bits per heavy atom. The fourth-order valence-electron chi connectivity index (χ4n) is 3.30. The summed E-state index contributed by atoms with van der Waals surface area (Å²) >= 11 is 6.42. The highest BCUT2D eigenvalue weighted by atomic mass is 35.5. The van der Waals surface area contributed by atoms with Gasteiger partial charge in [0.15, 0.2) is 5.56 Å². The van der Waals surface area contributed by atoms with Crippen LogP contribution in [-0.2, 0) is 10.9 Å². The van der Waals surface area contributed by atoms with Crippen molar-refractivity contribution in [2.45, 2.75) is 57.4 Å². The number of carbonyl (C=O) groups is 1. The molecule has 8 heteroatoms. The lowest BCUT2D eigenvalue weighted by Crippen LogP contribution is -2.30. The van der Waals surface area contributed by atoms with Gasteiger partial charge in [0.2, 0.25) is 10.9 Å². The molecular weight excluding hydrogens is 412 g/mol. The second kappa shape index (κ2) is 11.5. The summed E-state index contributed by atoms with van der Waals surface area (Å²) in [5.74, 6) is 0.515. The monoisotopic (exact) mass is 442 g/mol. The minimum Gasteiger partial charge on any atom is -0.472 e. The van der Waals surface area contributed by atoms with Crippen LogP contribution < -0.4 is 14.4 Å². The van der Waals surface area contributed by atoms with Gasteiger partial charge >= 0.3 is 0 Å². The maximum atomic E-state index is 12.1. The standard InChI is InChI=1S/C21H31ClN2O4S/c1-4-5-7-15(2)12-20(22)28-19-11-10-17(21(25)23-29(26)27)13-18(19)24(3)14-16-8-6-9-16/h10-11,13,16,20,29H,2,4-9,12,14H2,1,3H3,(H,23,25,26,27). The van der Waals surface area contributed by atoms with Crippen molar-refractivity contribution < 1.29 is 17.9 Å². The number of nitrogens with zero attached hydrogens (tertiary/aromatic N) is 1. The zero-order valence-electron chi connectivity index (χ0n) is 17.2. The van der Waals surface area contributed by atoms with E-state index < -0.39 is 22.4 Å². The maximum Gasteiger partial charge on any atom is 0.264 e. The highest BCUT2D eigenvalue weighted by Gasteiger charge is 2.22. The number of alkyl halides is 1. The van der Waals surface area contributed by atoms with Crippen LogP contribution in [0.2, 0.25) is 0 Å². The highest BCUT2D eigenvalue weighted by Crippen LogP contribution is 2.34. The molecular formula is C21H31ClN2O4S. The molecule has 29 heavy (non-hydrogen) atoms. The van der Waals surface area contributed by atoms with Gasteiger partial charge in [-0.15, -0.1) is 0 Å². The number of hydrogen-bond acceptors (Lipinski definition) is 5. The van der Waals surface area contributed by atoms with E-state index in [1.165, 1.54) is 19.3 Å². The molecule has 1 fully saturated rings. The third kappa shape index (κ3) is 7.55. The predicted octanol–water partition coefficient (Wildman–Crippen LogP) is 4.26. The number of ether oxygens (including phenoxy) is 1. The van der Waals surface area contributed by atoms with E-state index in [1.54, 1.807) is 18.2 Å². The van der Waals surface area contributed by atoms with Gasteiger partial charge in [-0.2, -0.15) is 0 Å². The second-order valence-electron chi connectivity index (χ2n) is 7.64. The second-order valence-corrected chi connectivity index (χ2v) is 8.87. The van der Waals surface area contributed by atoms with Gasteiger partial charge in [-0.25, -0.2) is 8.42 Å². The van der Waals surface area contributed by atoms with Crippen LogP contribution in [0.15, 0.2) is 30.4 Å². The number of carbonyl (C=O) groups excluding carboxylic acids is 1. The van der Waals surface area contributed by atoms with E-state index in [4.69, 9.17) is 16.3 Å². The van der Waals surface area contributed by atoms with E-state index in [0.29, 0.717) is 18.1 Å². The summed E-state index contributed by atoms with van der Waals surface area (Å²) in [6, 6.07) is 4.86. The first-order valence-corrected chi connectivity index (χ1v) is 11.7. The van der Waals surface area contributed by atoms with Crippen molar-refractivity contribution in [2.75, 3.05) is 18.5 Å². The summed E-state index contributed by atoms with van der Waals surface area (Å²) < 4.78 is 29.5. The van der Waals surface area contributed by atoms with Gasteiger partial charge in [-0.3, -0.25) is 9.52 Å². The van der Waals surface area contributed by atoms with Crippen LogP contribution in [0, 0.1) is 5.92 Å². The smallest absolute Gasteiger partial charge is 0.264 e. The van der Waals surface area contributed by atoms with Gasteiger partial charge in [0.1, 0.15) is 5.75 Å². The van der Waals surface area contributed by atoms with Crippen LogP contribution in [0.4, 0.5) is 5.69 Å². The highest BCUT2D eigenvalue weighted by molar-refractivity contribution is 7.71. The molecule has 0 saturated heterocycles. The molecule has 6 nitrogen and oxygen atoms in total. The number of amides is 1.